The predicted molar refractivity (Wildman–Crippen MR) is 121 cm³/mol. The minimum atomic E-state index is -0.413. The van der Waals surface area contributed by atoms with Crippen molar-refractivity contribution in [2.45, 2.75) is 19.9 Å². The highest BCUT2D eigenvalue weighted by atomic mass is 16.2. The van der Waals surface area contributed by atoms with Crippen LogP contribution in [-0.4, -0.2) is 17.7 Å². The molecule has 1 amide bonds. The Bertz CT molecular complexity index is 1210. The van der Waals surface area contributed by atoms with Crippen molar-refractivity contribution in [3.8, 4) is 0 Å². The lowest BCUT2D eigenvalue weighted by molar-refractivity contribution is -0.121. The third kappa shape index (κ3) is 4.27. The van der Waals surface area contributed by atoms with E-state index in [9.17, 15) is 4.79 Å². The average Bonchev–Trinajstić information content (AvgIpc) is 2.76. The average molecular weight is 381 g/mol. The molecule has 0 heterocycles. The van der Waals surface area contributed by atoms with E-state index in [1.807, 2.05) is 62.4 Å². The molecule has 0 aromatic heterocycles. The summed E-state index contributed by atoms with van der Waals surface area (Å²) in [6.45, 7) is 3.72. The number of nitrogens with zero attached hydrogens (tertiary/aromatic N) is 1. The van der Waals surface area contributed by atoms with E-state index in [-0.39, 0.29) is 5.91 Å². The van der Waals surface area contributed by atoms with Gasteiger partial charge in [-0.1, -0.05) is 66.7 Å². The first-order chi connectivity index (χ1) is 14.1. The number of amides is 1. The molecule has 0 saturated carbocycles. The third-order valence-corrected chi connectivity index (χ3v) is 5.03. The molecule has 144 valence electrons. The van der Waals surface area contributed by atoms with Crippen LogP contribution in [0.4, 0.5) is 5.69 Å². The summed E-state index contributed by atoms with van der Waals surface area (Å²) in [6, 6.07) is 28.2. The molecule has 0 fully saturated rings. The Labute approximate surface area is 170 Å². The van der Waals surface area contributed by atoms with Crippen LogP contribution in [0.5, 0.6) is 0 Å². The second kappa shape index (κ2) is 8.15. The van der Waals surface area contributed by atoms with Gasteiger partial charge in [-0.05, 0) is 59.2 Å². The van der Waals surface area contributed by atoms with Gasteiger partial charge in [0.05, 0.1) is 5.71 Å². The van der Waals surface area contributed by atoms with Crippen molar-refractivity contribution < 1.29 is 4.79 Å². The van der Waals surface area contributed by atoms with Gasteiger partial charge >= 0.3 is 0 Å². The van der Waals surface area contributed by atoms with Gasteiger partial charge in [0, 0.05) is 5.69 Å². The van der Waals surface area contributed by atoms with Crippen LogP contribution in [-0.2, 0) is 4.79 Å². The van der Waals surface area contributed by atoms with E-state index < -0.39 is 6.04 Å². The first-order valence-electron chi connectivity index (χ1n) is 9.69. The maximum Gasteiger partial charge on any atom is 0.262 e. The van der Waals surface area contributed by atoms with Gasteiger partial charge in [0.1, 0.15) is 6.04 Å². The van der Waals surface area contributed by atoms with Crippen LogP contribution in [0.2, 0.25) is 0 Å². The van der Waals surface area contributed by atoms with Crippen LogP contribution in [0.3, 0.4) is 0 Å². The van der Waals surface area contributed by atoms with E-state index in [2.05, 4.69) is 52.2 Å². The zero-order valence-electron chi connectivity index (χ0n) is 16.5. The first kappa shape index (κ1) is 18.7. The van der Waals surface area contributed by atoms with Gasteiger partial charge in [0.2, 0.25) is 0 Å². The quantitative estimate of drug-likeness (QED) is 0.362. The maximum absolute atomic E-state index is 12.5. The number of carbonyl (C=O) groups excluding carboxylic acids is 1. The normalized spacial score (nSPS) is 12.7. The number of rotatable bonds is 5. The molecule has 4 aromatic rings. The second-order valence-corrected chi connectivity index (χ2v) is 7.16. The number of benzene rings is 4. The largest absolute Gasteiger partial charge is 0.374 e. The lowest BCUT2D eigenvalue weighted by Gasteiger charge is -2.14. The number of carbonyl (C=O) groups is 1. The molecule has 0 aliphatic carbocycles. The van der Waals surface area contributed by atoms with Crippen molar-refractivity contribution in [3.05, 3.63) is 90.5 Å². The molecule has 0 unspecified atom stereocenters. The summed E-state index contributed by atoms with van der Waals surface area (Å²) in [6.07, 6.45) is 0. The highest BCUT2D eigenvalue weighted by Crippen LogP contribution is 2.19. The minimum absolute atomic E-state index is 0.182. The summed E-state index contributed by atoms with van der Waals surface area (Å²) in [7, 11) is 0. The first-order valence-corrected chi connectivity index (χ1v) is 9.69. The van der Waals surface area contributed by atoms with E-state index in [1.165, 1.54) is 10.8 Å². The topological polar surface area (TPSA) is 53.5 Å². The number of anilines is 1. The molecular formula is C25H23N3O. The molecule has 0 saturated heterocycles. The van der Waals surface area contributed by atoms with Gasteiger partial charge in [-0.15, -0.1) is 0 Å². The van der Waals surface area contributed by atoms with Crippen molar-refractivity contribution in [3.63, 3.8) is 0 Å². The lowest BCUT2D eigenvalue weighted by Crippen LogP contribution is -2.35. The lowest BCUT2D eigenvalue weighted by atomic mass is 10.0. The van der Waals surface area contributed by atoms with Crippen LogP contribution in [0, 0.1) is 0 Å². The van der Waals surface area contributed by atoms with Crippen molar-refractivity contribution >= 4 is 38.9 Å². The zero-order chi connectivity index (χ0) is 20.2. The van der Waals surface area contributed by atoms with Gasteiger partial charge in [0.15, 0.2) is 0 Å². The fourth-order valence-electron chi connectivity index (χ4n) is 3.31. The standard InChI is InChI=1S/C25H23N3O/c1-17(21-12-11-19-7-3-5-9-22(19)15-21)27-28-25(29)18(2)26-24-14-13-20-8-4-6-10-23(20)16-24/h3-16,18,26H,1-2H3,(H,28,29)/b27-17+/t18-/m0/s1. The molecule has 4 nitrogen and oxygen atoms in total. The molecule has 1 atom stereocenters. The molecule has 0 bridgehead atoms. The number of fused-ring (bicyclic) bond motifs is 2. The monoisotopic (exact) mass is 381 g/mol. The Morgan fingerprint density at radius 3 is 2.07 bits per heavy atom. The smallest absolute Gasteiger partial charge is 0.262 e. The Morgan fingerprint density at radius 1 is 0.793 bits per heavy atom. The van der Waals surface area contributed by atoms with Crippen LogP contribution >= 0.6 is 0 Å². The highest BCUT2D eigenvalue weighted by molar-refractivity contribution is 6.02. The van der Waals surface area contributed by atoms with E-state index in [0.717, 1.165) is 27.7 Å². The summed E-state index contributed by atoms with van der Waals surface area (Å²) in [5, 5.41) is 12.2. The Morgan fingerprint density at radius 2 is 1.38 bits per heavy atom. The van der Waals surface area contributed by atoms with E-state index >= 15 is 0 Å². The van der Waals surface area contributed by atoms with Gasteiger partial charge in [0.25, 0.3) is 5.91 Å². The van der Waals surface area contributed by atoms with Crippen LogP contribution in [0.1, 0.15) is 19.4 Å². The highest BCUT2D eigenvalue weighted by Gasteiger charge is 2.12. The van der Waals surface area contributed by atoms with Gasteiger partial charge in [-0.3, -0.25) is 4.79 Å². The molecule has 0 spiro atoms. The fraction of sp³-hybridized carbons (Fsp3) is 0.120. The molecule has 0 radical (unpaired) electrons. The second-order valence-electron chi connectivity index (χ2n) is 7.16. The van der Waals surface area contributed by atoms with E-state index in [4.69, 9.17) is 0 Å². The summed E-state index contributed by atoms with van der Waals surface area (Å²) < 4.78 is 0. The molecular weight excluding hydrogens is 358 g/mol. The third-order valence-electron chi connectivity index (χ3n) is 5.03. The fourth-order valence-corrected chi connectivity index (χ4v) is 3.31. The van der Waals surface area contributed by atoms with E-state index in [0.29, 0.717) is 0 Å². The molecule has 4 aromatic carbocycles. The Balaban J connectivity index is 1.42. The summed E-state index contributed by atoms with van der Waals surface area (Å²) >= 11 is 0. The van der Waals surface area contributed by atoms with Crippen LogP contribution in [0.25, 0.3) is 21.5 Å². The molecule has 0 aliphatic rings. The maximum atomic E-state index is 12.5. The van der Waals surface area contributed by atoms with Crippen molar-refractivity contribution in [1.29, 1.82) is 0 Å². The van der Waals surface area contributed by atoms with Gasteiger partial charge < -0.3 is 5.32 Å². The van der Waals surface area contributed by atoms with Gasteiger partial charge in [-0.25, -0.2) is 5.43 Å². The number of hydrazone groups is 1. The molecule has 0 aliphatic heterocycles. The van der Waals surface area contributed by atoms with Crippen LogP contribution in [0.15, 0.2) is 90.0 Å². The zero-order valence-corrected chi connectivity index (χ0v) is 16.5. The molecule has 4 rings (SSSR count). The Kier molecular flexibility index (Phi) is 5.25. The minimum Gasteiger partial charge on any atom is -0.374 e. The van der Waals surface area contributed by atoms with Crippen molar-refractivity contribution in [1.82, 2.24) is 5.43 Å². The summed E-state index contributed by atoms with van der Waals surface area (Å²) in [5.74, 6) is -0.182. The van der Waals surface area contributed by atoms with Crippen LogP contribution < -0.4 is 10.7 Å². The molecule has 2 N–H and O–H groups in total. The van der Waals surface area contributed by atoms with Crippen molar-refractivity contribution in [2.75, 3.05) is 5.32 Å². The SMILES string of the molecule is C/C(=N\NC(=O)[C@H](C)Nc1ccc2ccccc2c1)c1ccc2ccccc2c1. The Hall–Kier alpha value is -3.66. The summed E-state index contributed by atoms with van der Waals surface area (Å²) in [5.41, 5.74) is 5.33. The van der Waals surface area contributed by atoms with E-state index in [1.54, 1.807) is 0 Å². The number of hydrogen-bond acceptors (Lipinski definition) is 3. The molecule has 29 heavy (non-hydrogen) atoms. The molecule has 4 heteroatoms. The predicted octanol–water partition coefficient (Wildman–Crippen LogP) is 5.33. The number of hydrogen-bond donors (Lipinski definition) is 2. The number of nitrogens with one attached hydrogen (secondary N) is 2. The summed E-state index contributed by atoms with van der Waals surface area (Å²) in [4.78, 5) is 12.5. The van der Waals surface area contributed by atoms with Gasteiger partial charge in [-0.2, -0.15) is 5.10 Å². The van der Waals surface area contributed by atoms with Crippen molar-refractivity contribution in [2.24, 2.45) is 5.10 Å².